The largest absolute Gasteiger partial charge is 0.417 e. The zero-order chi connectivity index (χ0) is 22.9. The molecule has 1 unspecified atom stereocenters. The molecule has 2 fully saturated rings. The minimum absolute atomic E-state index is 0.154. The second-order valence-corrected chi connectivity index (χ2v) is 9.92. The fourth-order valence-electron chi connectivity index (χ4n) is 5.26. The predicted octanol–water partition coefficient (Wildman–Crippen LogP) is 7.00. The molecule has 2 aromatic rings. The Balaban J connectivity index is 1.73. The number of likely N-dealkylation sites (tertiary alicyclic amines) is 1. The summed E-state index contributed by atoms with van der Waals surface area (Å²) in [6.45, 7) is 1.93. The summed E-state index contributed by atoms with van der Waals surface area (Å²) in [4.78, 5) is 15.8. The number of carbonyl (C=O) groups is 1. The van der Waals surface area contributed by atoms with E-state index in [0.29, 0.717) is 0 Å². The summed E-state index contributed by atoms with van der Waals surface area (Å²) >= 11 is 9.52. The van der Waals surface area contributed by atoms with Crippen molar-refractivity contribution >= 4 is 33.4 Å². The zero-order valence-electron chi connectivity index (χ0n) is 17.5. The molecule has 0 aromatic heterocycles. The number of amides is 1. The van der Waals surface area contributed by atoms with Gasteiger partial charge < -0.3 is 5.32 Å². The van der Waals surface area contributed by atoms with Crippen LogP contribution in [-0.4, -0.2) is 29.4 Å². The van der Waals surface area contributed by atoms with E-state index in [1.54, 1.807) is 0 Å². The summed E-state index contributed by atoms with van der Waals surface area (Å²) in [5.74, 6) is -0.584. The van der Waals surface area contributed by atoms with Crippen LogP contribution in [0.15, 0.2) is 46.9 Å². The highest BCUT2D eigenvalue weighted by molar-refractivity contribution is 9.10. The van der Waals surface area contributed by atoms with Crippen molar-refractivity contribution in [1.82, 2.24) is 10.2 Å². The van der Waals surface area contributed by atoms with Gasteiger partial charge in [-0.1, -0.05) is 58.6 Å². The molecule has 1 saturated heterocycles. The minimum Gasteiger partial charge on any atom is -0.343 e. The Morgan fingerprint density at radius 2 is 1.66 bits per heavy atom. The van der Waals surface area contributed by atoms with E-state index in [1.807, 2.05) is 24.3 Å². The molecule has 172 valence electrons. The molecule has 1 saturated carbocycles. The summed E-state index contributed by atoms with van der Waals surface area (Å²) in [6, 6.07) is 10.9. The van der Waals surface area contributed by atoms with Crippen molar-refractivity contribution in [1.29, 1.82) is 0 Å². The van der Waals surface area contributed by atoms with E-state index < -0.39 is 22.7 Å². The lowest BCUT2D eigenvalue weighted by atomic mass is 9.81. The van der Waals surface area contributed by atoms with E-state index in [1.165, 1.54) is 12.1 Å². The van der Waals surface area contributed by atoms with E-state index in [4.69, 9.17) is 11.6 Å². The first kappa shape index (κ1) is 23.6. The molecule has 1 heterocycles. The standard InChI is InChI=1S/C24H25BrClF3N2O/c25-17-10-8-16(9-11-17)21(23(12-1-2-13-23)31-14-3-4-15-31)30-22(32)18-6-5-7-19(20(18)26)24(27,28)29/h5-11,21H,1-4,12-15H2,(H,30,32). The lowest BCUT2D eigenvalue weighted by Gasteiger charge is -2.45. The highest BCUT2D eigenvalue weighted by atomic mass is 79.9. The maximum Gasteiger partial charge on any atom is 0.417 e. The summed E-state index contributed by atoms with van der Waals surface area (Å²) in [5, 5.41) is 2.54. The van der Waals surface area contributed by atoms with Gasteiger partial charge in [-0.25, -0.2) is 0 Å². The first-order chi connectivity index (χ1) is 15.2. The number of rotatable bonds is 5. The van der Waals surface area contributed by atoms with Gasteiger partial charge in [-0.05, 0) is 68.6 Å². The topological polar surface area (TPSA) is 32.3 Å². The Morgan fingerprint density at radius 3 is 2.25 bits per heavy atom. The van der Waals surface area contributed by atoms with Crippen LogP contribution in [0.3, 0.4) is 0 Å². The summed E-state index contributed by atoms with van der Waals surface area (Å²) in [6.07, 6.45) is 1.59. The Kier molecular flexibility index (Phi) is 6.89. The molecule has 1 amide bonds. The number of nitrogens with one attached hydrogen (secondary N) is 1. The molecule has 2 aromatic carbocycles. The van der Waals surface area contributed by atoms with Crippen molar-refractivity contribution in [3.63, 3.8) is 0 Å². The molecule has 2 aliphatic rings. The molecule has 32 heavy (non-hydrogen) atoms. The molecule has 1 atom stereocenters. The number of nitrogens with zero attached hydrogens (tertiary/aromatic N) is 1. The highest BCUT2D eigenvalue weighted by Crippen LogP contribution is 2.46. The quantitative estimate of drug-likeness (QED) is 0.452. The first-order valence-corrected chi connectivity index (χ1v) is 12.1. The van der Waals surface area contributed by atoms with Gasteiger partial charge in [0.2, 0.25) is 0 Å². The smallest absolute Gasteiger partial charge is 0.343 e. The molecule has 0 spiro atoms. The predicted molar refractivity (Wildman–Crippen MR) is 123 cm³/mol. The molecular weight excluding hydrogens is 505 g/mol. The second-order valence-electron chi connectivity index (χ2n) is 8.63. The van der Waals surface area contributed by atoms with Crippen LogP contribution in [0, 0.1) is 0 Å². The third kappa shape index (κ3) is 4.57. The van der Waals surface area contributed by atoms with E-state index in [-0.39, 0.29) is 17.1 Å². The van der Waals surface area contributed by atoms with Gasteiger partial charge in [-0.15, -0.1) is 0 Å². The van der Waals surface area contributed by atoms with Gasteiger partial charge >= 0.3 is 6.18 Å². The van der Waals surface area contributed by atoms with Crippen molar-refractivity contribution in [2.75, 3.05) is 13.1 Å². The molecule has 3 nitrogen and oxygen atoms in total. The third-order valence-electron chi connectivity index (χ3n) is 6.77. The summed E-state index contributed by atoms with van der Waals surface area (Å²) in [5.41, 5.74) is -0.465. The van der Waals surface area contributed by atoms with Gasteiger partial charge in [0, 0.05) is 10.0 Å². The van der Waals surface area contributed by atoms with Crippen molar-refractivity contribution in [2.24, 2.45) is 0 Å². The van der Waals surface area contributed by atoms with E-state index in [0.717, 1.165) is 67.7 Å². The normalized spacial score (nSPS) is 19.8. The third-order valence-corrected chi connectivity index (χ3v) is 7.71. The van der Waals surface area contributed by atoms with Gasteiger partial charge in [0.15, 0.2) is 0 Å². The SMILES string of the molecule is O=C(NC(c1ccc(Br)cc1)C1(N2CCCC2)CCCC1)c1cccc(C(F)(F)F)c1Cl. The molecule has 1 N–H and O–H groups in total. The maximum absolute atomic E-state index is 13.3. The number of benzene rings is 2. The lowest BCUT2D eigenvalue weighted by Crippen LogP contribution is -2.55. The van der Waals surface area contributed by atoms with Crippen LogP contribution < -0.4 is 5.32 Å². The molecular formula is C24H25BrClF3N2O. The number of hydrogen-bond donors (Lipinski definition) is 1. The number of halogens is 5. The fourth-order valence-corrected chi connectivity index (χ4v) is 5.84. The molecule has 0 radical (unpaired) electrons. The Bertz CT molecular complexity index is 968. The average molecular weight is 530 g/mol. The average Bonchev–Trinajstić information content (AvgIpc) is 3.45. The van der Waals surface area contributed by atoms with E-state index in [9.17, 15) is 18.0 Å². The van der Waals surface area contributed by atoms with Crippen LogP contribution >= 0.6 is 27.5 Å². The molecule has 8 heteroatoms. The van der Waals surface area contributed by atoms with Crippen LogP contribution in [0.4, 0.5) is 13.2 Å². The zero-order valence-corrected chi connectivity index (χ0v) is 19.9. The lowest BCUT2D eigenvalue weighted by molar-refractivity contribution is -0.137. The highest BCUT2D eigenvalue weighted by Gasteiger charge is 2.48. The minimum atomic E-state index is -4.62. The molecule has 0 bridgehead atoms. The Hall–Kier alpha value is -1.57. The van der Waals surface area contributed by atoms with Crippen molar-refractivity contribution in [3.8, 4) is 0 Å². The van der Waals surface area contributed by atoms with Crippen LogP contribution in [0.1, 0.15) is 66.1 Å². The van der Waals surface area contributed by atoms with E-state index >= 15 is 0 Å². The number of carbonyl (C=O) groups excluding carboxylic acids is 1. The number of alkyl halides is 3. The maximum atomic E-state index is 13.3. The van der Waals surface area contributed by atoms with Crippen LogP contribution in [0.5, 0.6) is 0 Å². The van der Waals surface area contributed by atoms with Crippen LogP contribution in [0.2, 0.25) is 5.02 Å². The fraction of sp³-hybridized carbons (Fsp3) is 0.458. The van der Waals surface area contributed by atoms with Gasteiger partial charge in [-0.2, -0.15) is 13.2 Å². The van der Waals surface area contributed by atoms with Gasteiger partial charge in [-0.3, -0.25) is 9.69 Å². The van der Waals surface area contributed by atoms with E-state index in [2.05, 4.69) is 26.1 Å². The first-order valence-electron chi connectivity index (χ1n) is 10.9. The monoisotopic (exact) mass is 528 g/mol. The summed E-state index contributed by atoms with van der Waals surface area (Å²) < 4.78 is 40.9. The number of hydrogen-bond acceptors (Lipinski definition) is 2. The van der Waals surface area contributed by atoms with Crippen LogP contribution in [0.25, 0.3) is 0 Å². The van der Waals surface area contributed by atoms with Crippen molar-refractivity contribution in [3.05, 3.63) is 68.7 Å². The van der Waals surface area contributed by atoms with Gasteiger partial charge in [0.1, 0.15) is 0 Å². The van der Waals surface area contributed by atoms with Gasteiger partial charge in [0.05, 0.1) is 22.2 Å². The van der Waals surface area contributed by atoms with Crippen LogP contribution in [-0.2, 0) is 6.18 Å². The van der Waals surface area contributed by atoms with Crippen molar-refractivity contribution in [2.45, 2.75) is 56.3 Å². The Morgan fingerprint density at radius 1 is 1.03 bits per heavy atom. The molecule has 4 rings (SSSR count). The second kappa shape index (κ2) is 9.35. The van der Waals surface area contributed by atoms with Gasteiger partial charge in [0.25, 0.3) is 5.91 Å². The Labute approximate surface area is 199 Å². The molecule has 1 aliphatic heterocycles. The molecule has 1 aliphatic carbocycles. The summed E-state index contributed by atoms with van der Waals surface area (Å²) in [7, 11) is 0. The van der Waals surface area contributed by atoms with Crippen molar-refractivity contribution < 1.29 is 18.0 Å².